The summed E-state index contributed by atoms with van der Waals surface area (Å²) in [7, 11) is 0. The van der Waals surface area contributed by atoms with Crippen LogP contribution in [0.2, 0.25) is 0 Å². The second-order valence-corrected chi connectivity index (χ2v) is 4.95. The van der Waals surface area contributed by atoms with E-state index in [0.717, 1.165) is 28.6 Å². The average Bonchev–Trinajstić information content (AvgIpc) is 2.54. The van der Waals surface area contributed by atoms with Gasteiger partial charge in [-0.1, -0.05) is 0 Å². The van der Waals surface area contributed by atoms with Gasteiger partial charge in [0.15, 0.2) is 0 Å². The lowest BCUT2D eigenvalue weighted by Gasteiger charge is -2.23. The van der Waals surface area contributed by atoms with Crippen LogP contribution in [0.25, 0.3) is 0 Å². The number of aromatic nitrogens is 2. The van der Waals surface area contributed by atoms with Crippen molar-refractivity contribution < 1.29 is 13.9 Å². The molecule has 0 radical (unpaired) electrons. The Kier molecular flexibility index (Phi) is 3.09. The lowest BCUT2D eigenvalue weighted by molar-refractivity contribution is -0.0475. The second kappa shape index (κ2) is 4.26. The molecule has 1 fully saturated rings. The first-order valence-electron chi connectivity index (χ1n) is 4.88. The van der Waals surface area contributed by atoms with Crippen molar-refractivity contribution in [2.45, 2.75) is 17.2 Å². The highest BCUT2D eigenvalue weighted by atomic mass is 32.2. The number of aliphatic hydroxyl groups excluding tert-OH is 1. The van der Waals surface area contributed by atoms with Crippen LogP contribution in [0.15, 0.2) is 21.9 Å². The van der Waals surface area contributed by atoms with Crippen LogP contribution in [-0.4, -0.2) is 38.2 Å². The third kappa shape index (κ3) is 2.02. The van der Waals surface area contributed by atoms with E-state index in [1.807, 2.05) is 4.98 Å². The molecule has 0 aromatic carbocycles. The lowest BCUT2D eigenvalue weighted by atomic mass is 10.1. The van der Waals surface area contributed by atoms with Gasteiger partial charge >= 0.3 is 5.69 Å². The number of aliphatic hydroxyl groups is 1. The number of rotatable bonds is 2. The molecule has 0 bridgehead atoms. The van der Waals surface area contributed by atoms with Crippen LogP contribution in [0.5, 0.6) is 0 Å². The fourth-order valence-corrected chi connectivity index (χ4v) is 3.04. The molecule has 0 amide bonds. The highest BCUT2D eigenvalue weighted by molar-refractivity contribution is 8.00. The van der Waals surface area contributed by atoms with Gasteiger partial charge in [-0.25, -0.2) is 13.6 Å². The van der Waals surface area contributed by atoms with E-state index >= 15 is 0 Å². The van der Waals surface area contributed by atoms with Crippen LogP contribution < -0.4 is 11.2 Å². The van der Waals surface area contributed by atoms with Crippen molar-refractivity contribution in [2.75, 3.05) is 12.4 Å². The molecule has 0 aliphatic carbocycles. The summed E-state index contributed by atoms with van der Waals surface area (Å²) >= 11 is 0.913. The fraction of sp³-hybridized carbons (Fsp3) is 0.556. The summed E-state index contributed by atoms with van der Waals surface area (Å²) in [6.07, 6.45) is 1.06. The van der Waals surface area contributed by atoms with Crippen LogP contribution in [0.3, 0.4) is 0 Å². The molecule has 1 saturated heterocycles. The Morgan fingerprint density at radius 2 is 2.29 bits per heavy atom. The number of alkyl halides is 2. The molecule has 0 spiro atoms. The molecule has 1 aromatic heterocycles. The van der Waals surface area contributed by atoms with Crippen LogP contribution in [0.1, 0.15) is 6.04 Å². The van der Waals surface area contributed by atoms with E-state index in [9.17, 15) is 18.4 Å². The number of halogens is 2. The Balaban J connectivity index is 2.42. The van der Waals surface area contributed by atoms with Crippen molar-refractivity contribution >= 4 is 11.8 Å². The van der Waals surface area contributed by atoms with E-state index in [4.69, 9.17) is 5.11 Å². The van der Waals surface area contributed by atoms with E-state index in [1.54, 1.807) is 0 Å². The van der Waals surface area contributed by atoms with Crippen molar-refractivity contribution in [3.63, 3.8) is 0 Å². The van der Waals surface area contributed by atoms with Crippen molar-refractivity contribution in [1.29, 1.82) is 0 Å². The van der Waals surface area contributed by atoms with Gasteiger partial charge < -0.3 is 5.11 Å². The van der Waals surface area contributed by atoms with Gasteiger partial charge in [-0.05, 0) is 0 Å². The van der Waals surface area contributed by atoms with Crippen LogP contribution in [0.4, 0.5) is 8.78 Å². The minimum atomic E-state index is -3.18. The maximum atomic E-state index is 13.8. The molecule has 94 valence electrons. The maximum absolute atomic E-state index is 13.8. The van der Waals surface area contributed by atoms with Gasteiger partial charge in [0.2, 0.25) is 0 Å². The molecular weight excluding hydrogens is 254 g/mol. The third-order valence-corrected chi connectivity index (χ3v) is 4.06. The summed E-state index contributed by atoms with van der Waals surface area (Å²) in [4.78, 5) is 24.2. The number of aromatic amines is 1. The van der Waals surface area contributed by atoms with Gasteiger partial charge in [0.1, 0.15) is 6.04 Å². The summed E-state index contributed by atoms with van der Waals surface area (Å²) in [5, 5.41) is 7.62. The van der Waals surface area contributed by atoms with Crippen molar-refractivity contribution in [1.82, 2.24) is 9.55 Å². The Hall–Kier alpha value is -1.15. The predicted molar refractivity (Wildman–Crippen MR) is 58.6 cm³/mol. The number of nitrogens with one attached hydrogen (secondary N) is 1. The molecule has 2 heterocycles. The topological polar surface area (TPSA) is 75.1 Å². The first-order chi connectivity index (χ1) is 7.96. The zero-order valence-corrected chi connectivity index (χ0v) is 9.42. The minimum absolute atomic E-state index is 0.0180. The number of hydrogen-bond acceptors (Lipinski definition) is 4. The Labute approximate surface area is 98.5 Å². The van der Waals surface area contributed by atoms with Crippen molar-refractivity contribution in [2.24, 2.45) is 0 Å². The molecule has 5 nitrogen and oxygen atoms in total. The fourth-order valence-electron chi connectivity index (χ4n) is 1.76. The molecule has 2 atom stereocenters. The van der Waals surface area contributed by atoms with Gasteiger partial charge in [0, 0.05) is 18.0 Å². The first-order valence-corrected chi connectivity index (χ1v) is 5.93. The van der Waals surface area contributed by atoms with E-state index < -0.39 is 35.1 Å². The molecule has 17 heavy (non-hydrogen) atoms. The zero-order chi connectivity index (χ0) is 12.6. The summed E-state index contributed by atoms with van der Waals surface area (Å²) < 4.78 is 28.4. The largest absolute Gasteiger partial charge is 0.395 e. The summed E-state index contributed by atoms with van der Waals surface area (Å²) in [5.74, 6) is -3.16. The summed E-state index contributed by atoms with van der Waals surface area (Å²) in [6, 6.07) is -0.317. The van der Waals surface area contributed by atoms with Gasteiger partial charge in [-0.3, -0.25) is 14.3 Å². The van der Waals surface area contributed by atoms with Gasteiger partial charge in [-0.15, -0.1) is 11.8 Å². The molecule has 1 aliphatic rings. The van der Waals surface area contributed by atoms with Crippen LogP contribution in [0, 0.1) is 0 Å². The predicted octanol–water partition coefficient (Wildman–Crippen LogP) is -0.179. The smallest absolute Gasteiger partial charge is 0.328 e. The molecule has 2 rings (SSSR count). The minimum Gasteiger partial charge on any atom is -0.395 e. The SMILES string of the molecule is O=c1ccn([C@@H]2CS[C@H](CO)C2(F)F)c(=O)[nH]1. The third-order valence-electron chi connectivity index (χ3n) is 2.68. The highest BCUT2D eigenvalue weighted by Gasteiger charge is 2.53. The van der Waals surface area contributed by atoms with Crippen molar-refractivity contribution in [3.05, 3.63) is 33.1 Å². The van der Waals surface area contributed by atoms with Gasteiger partial charge in [0.25, 0.3) is 11.5 Å². The maximum Gasteiger partial charge on any atom is 0.328 e. The molecular formula is C9H10F2N2O3S. The van der Waals surface area contributed by atoms with E-state index in [1.165, 1.54) is 0 Å². The quantitative estimate of drug-likeness (QED) is 0.777. The molecule has 8 heteroatoms. The highest BCUT2D eigenvalue weighted by Crippen LogP contribution is 2.46. The number of nitrogens with zero attached hydrogens (tertiary/aromatic N) is 1. The summed E-state index contributed by atoms with van der Waals surface area (Å²) in [6.45, 7) is -0.647. The molecule has 0 unspecified atom stereocenters. The second-order valence-electron chi connectivity index (χ2n) is 3.71. The van der Waals surface area contributed by atoms with E-state index in [2.05, 4.69) is 0 Å². The monoisotopic (exact) mass is 264 g/mol. The van der Waals surface area contributed by atoms with Gasteiger partial charge in [0.05, 0.1) is 11.9 Å². The molecule has 2 N–H and O–H groups in total. The van der Waals surface area contributed by atoms with Gasteiger partial charge in [-0.2, -0.15) is 0 Å². The van der Waals surface area contributed by atoms with E-state index in [-0.39, 0.29) is 5.75 Å². The van der Waals surface area contributed by atoms with Crippen molar-refractivity contribution in [3.8, 4) is 0 Å². The van der Waals surface area contributed by atoms with E-state index in [0.29, 0.717) is 0 Å². The lowest BCUT2D eigenvalue weighted by Crippen LogP contribution is -2.42. The Morgan fingerprint density at radius 1 is 1.59 bits per heavy atom. The normalized spacial score (nSPS) is 27.2. The average molecular weight is 264 g/mol. The van der Waals surface area contributed by atoms with Crippen LogP contribution in [-0.2, 0) is 0 Å². The first kappa shape index (κ1) is 12.3. The number of thioether (sulfide) groups is 1. The standard InChI is InChI=1S/C9H10F2N2O3S/c10-9(11)5(4-17-6(9)3-14)13-2-1-7(15)12-8(13)16/h1-2,5-6,14H,3-4H2,(H,12,15,16)/t5-,6-/m1/s1. The Bertz CT molecular complexity index is 527. The number of hydrogen-bond donors (Lipinski definition) is 2. The molecule has 0 saturated carbocycles. The number of H-pyrrole nitrogens is 1. The van der Waals surface area contributed by atoms with Crippen LogP contribution >= 0.6 is 11.8 Å². The molecule has 1 aliphatic heterocycles. The Morgan fingerprint density at radius 3 is 2.82 bits per heavy atom. The zero-order valence-electron chi connectivity index (χ0n) is 8.60. The summed E-state index contributed by atoms with van der Waals surface area (Å²) in [5.41, 5.74) is -1.49. The molecule has 1 aromatic rings.